The van der Waals surface area contributed by atoms with Crippen molar-refractivity contribution in [1.82, 2.24) is 0 Å². The zero-order valence-corrected chi connectivity index (χ0v) is 10.7. The van der Waals surface area contributed by atoms with Crippen molar-refractivity contribution < 1.29 is 17.9 Å². The number of aryl methyl sites for hydroxylation is 1. The van der Waals surface area contributed by atoms with Crippen LogP contribution in [0.2, 0.25) is 0 Å². The molecule has 1 N–H and O–H groups in total. The van der Waals surface area contributed by atoms with Gasteiger partial charge in [-0.25, -0.2) is 0 Å². The molecule has 6 heteroatoms. The first-order chi connectivity index (χ1) is 7.91. The number of fused-ring (bicyclic) bond motifs is 1. The highest BCUT2D eigenvalue weighted by Gasteiger charge is 2.41. The molecule has 1 unspecified atom stereocenters. The van der Waals surface area contributed by atoms with E-state index in [9.17, 15) is 13.2 Å². The van der Waals surface area contributed by atoms with Crippen molar-refractivity contribution in [3.05, 3.63) is 22.2 Å². The van der Waals surface area contributed by atoms with Gasteiger partial charge in [0.2, 0.25) is 0 Å². The number of benzene rings is 1. The number of halogens is 4. The van der Waals surface area contributed by atoms with Gasteiger partial charge in [0.25, 0.3) is 0 Å². The van der Waals surface area contributed by atoms with Crippen molar-refractivity contribution in [3.8, 4) is 5.75 Å². The number of hydrogen-bond acceptors (Lipinski definition) is 2. The summed E-state index contributed by atoms with van der Waals surface area (Å²) in [6.07, 6.45) is -3.75. The maximum absolute atomic E-state index is 12.6. The fraction of sp³-hybridized carbons (Fsp3) is 0.455. The van der Waals surface area contributed by atoms with Crippen LogP contribution in [0.5, 0.6) is 5.75 Å². The van der Waals surface area contributed by atoms with Crippen LogP contribution in [0.1, 0.15) is 12.0 Å². The fourth-order valence-electron chi connectivity index (χ4n) is 1.90. The van der Waals surface area contributed by atoms with Gasteiger partial charge in [-0.1, -0.05) is 0 Å². The number of alkyl halides is 3. The first kappa shape index (κ1) is 12.5. The quantitative estimate of drug-likeness (QED) is 0.853. The van der Waals surface area contributed by atoms with E-state index in [-0.39, 0.29) is 6.42 Å². The van der Waals surface area contributed by atoms with Gasteiger partial charge in [-0.2, -0.15) is 13.2 Å². The third-order valence-electron chi connectivity index (χ3n) is 2.80. The summed E-state index contributed by atoms with van der Waals surface area (Å²) < 4.78 is 43.5. The number of hydrogen-bond donors (Lipinski definition) is 1. The Morgan fingerprint density at radius 2 is 2.12 bits per heavy atom. The second kappa shape index (κ2) is 4.40. The summed E-state index contributed by atoms with van der Waals surface area (Å²) >= 11 is 3.26. The van der Waals surface area contributed by atoms with Gasteiger partial charge in [-0.3, -0.25) is 0 Å². The first-order valence-electron chi connectivity index (χ1n) is 5.11. The molecule has 0 bridgehead atoms. The standard InChI is InChI=1S/C11H11BrF3NO/c1-17-9-4-6-2-3-10(11(13,14)15)16-8(6)5-7(9)12/h4-5,10,16H,2-3H2,1H3. The summed E-state index contributed by atoms with van der Waals surface area (Å²) in [4.78, 5) is 0. The van der Waals surface area contributed by atoms with E-state index in [4.69, 9.17) is 4.74 Å². The summed E-state index contributed by atoms with van der Waals surface area (Å²) in [7, 11) is 1.53. The van der Waals surface area contributed by atoms with Crippen molar-refractivity contribution >= 4 is 21.6 Å². The van der Waals surface area contributed by atoms with E-state index in [2.05, 4.69) is 21.2 Å². The predicted molar refractivity (Wildman–Crippen MR) is 62.5 cm³/mol. The molecule has 1 aromatic carbocycles. The predicted octanol–water partition coefficient (Wildman–Crippen LogP) is 3.75. The lowest BCUT2D eigenvalue weighted by molar-refractivity contribution is -0.144. The molecule has 0 saturated heterocycles. The Bertz CT molecular complexity index is 433. The molecule has 2 rings (SSSR count). The Kier molecular flexibility index (Phi) is 3.25. The third kappa shape index (κ3) is 2.51. The summed E-state index contributed by atoms with van der Waals surface area (Å²) in [5, 5.41) is 2.52. The Morgan fingerprint density at radius 1 is 1.41 bits per heavy atom. The van der Waals surface area contributed by atoms with Crippen LogP contribution in [-0.2, 0) is 6.42 Å². The lowest BCUT2D eigenvalue weighted by Gasteiger charge is -2.29. The van der Waals surface area contributed by atoms with Crippen LogP contribution in [-0.4, -0.2) is 19.3 Å². The largest absolute Gasteiger partial charge is 0.496 e. The van der Waals surface area contributed by atoms with Crippen LogP contribution in [0.4, 0.5) is 18.9 Å². The molecule has 2 nitrogen and oxygen atoms in total. The van der Waals surface area contributed by atoms with E-state index in [0.717, 1.165) is 5.56 Å². The highest BCUT2D eigenvalue weighted by atomic mass is 79.9. The van der Waals surface area contributed by atoms with Crippen molar-refractivity contribution in [2.45, 2.75) is 25.1 Å². The highest BCUT2D eigenvalue weighted by molar-refractivity contribution is 9.10. The molecular weight excluding hydrogens is 299 g/mol. The van der Waals surface area contributed by atoms with Crippen LogP contribution in [0.3, 0.4) is 0 Å². The molecule has 0 spiro atoms. The molecule has 17 heavy (non-hydrogen) atoms. The zero-order chi connectivity index (χ0) is 12.6. The maximum atomic E-state index is 12.6. The van der Waals surface area contributed by atoms with Crippen molar-refractivity contribution in [3.63, 3.8) is 0 Å². The Labute approximate surface area is 105 Å². The minimum atomic E-state index is -4.20. The second-order valence-electron chi connectivity index (χ2n) is 3.92. The number of rotatable bonds is 1. The van der Waals surface area contributed by atoms with Gasteiger partial charge in [0.1, 0.15) is 11.8 Å². The monoisotopic (exact) mass is 309 g/mol. The topological polar surface area (TPSA) is 21.3 Å². The molecule has 0 saturated carbocycles. The summed E-state index contributed by atoms with van der Waals surface area (Å²) in [5.74, 6) is 0.635. The molecule has 1 heterocycles. The van der Waals surface area contributed by atoms with E-state index < -0.39 is 12.2 Å². The molecule has 1 aromatic rings. The van der Waals surface area contributed by atoms with E-state index in [1.54, 1.807) is 12.1 Å². The van der Waals surface area contributed by atoms with Crippen LogP contribution in [0.15, 0.2) is 16.6 Å². The van der Waals surface area contributed by atoms with Crippen LogP contribution in [0, 0.1) is 0 Å². The highest BCUT2D eigenvalue weighted by Crippen LogP contribution is 2.38. The van der Waals surface area contributed by atoms with Crippen molar-refractivity contribution in [2.75, 3.05) is 12.4 Å². The van der Waals surface area contributed by atoms with Gasteiger partial charge in [0.05, 0.1) is 11.6 Å². The average molecular weight is 310 g/mol. The lowest BCUT2D eigenvalue weighted by atomic mass is 9.97. The van der Waals surface area contributed by atoms with Crippen molar-refractivity contribution in [1.29, 1.82) is 0 Å². The van der Waals surface area contributed by atoms with Crippen LogP contribution < -0.4 is 10.1 Å². The molecule has 0 radical (unpaired) electrons. The van der Waals surface area contributed by atoms with Gasteiger partial charge in [0.15, 0.2) is 0 Å². The van der Waals surface area contributed by atoms with E-state index >= 15 is 0 Å². The van der Waals surface area contributed by atoms with Gasteiger partial charge in [-0.05, 0) is 46.5 Å². The third-order valence-corrected chi connectivity index (χ3v) is 3.42. The summed E-state index contributed by atoms with van der Waals surface area (Å²) in [6.45, 7) is 0. The van der Waals surface area contributed by atoms with E-state index in [1.165, 1.54) is 7.11 Å². The number of nitrogens with one attached hydrogen (secondary N) is 1. The fourth-order valence-corrected chi connectivity index (χ4v) is 2.40. The Morgan fingerprint density at radius 3 is 2.71 bits per heavy atom. The Hall–Kier alpha value is -0.910. The lowest BCUT2D eigenvalue weighted by Crippen LogP contribution is -2.39. The normalized spacial score (nSPS) is 19.5. The molecular formula is C11H11BrF3NO. The summed E-state index contributed by atoms with van der Waals surface area (Å²) in [6, 6.07) is 1.93. The number of methoxy groups -OCH3 is 1. The maximum Gasteiger partial charge on any atom is 0.408 e. The minimum absolute atomic E-state index is 0.0568. The second-order valence-corrected chi connectivity index (χ2v) is 4.78. The average Bonchev–Trinajstić information content (AvgIpc) is 2.26. The number of anilines is 1. The van der Waals surface area contributed by atoms with Gasteiger partial charge in [-0.15, -0.1) is 0 Å². The zero-order valence-electron chi connectivity index (χ0n) is 9.07. The molecule has 1 aliphatic rings. The van der Waals surface area contributed by atoms with Gasteiger partial charge >= 0.3 is 6.18 Å². The molecule has 0 fully saturated rings. The minimum Gasteiger partial charge on any atom is -0.496 e. The molecule has 0 amide bonds. The molecule has 1 aliphatic heterocycles. The van der Waals surface area contributed by atoms with Gasteiger partial charge in [0, 0.05) is 5.69 Å². The Balaban J connectivity index is 2.30. The first-order valence-corrected chi connectivity index (χ1v) is 5.91. The van der Waals surface area contributed by atoms with E-state index in [0.29, 0.717) is 22.3 Å². The molecule has 1 atom stereocenters. The SMILES string of the molecule is COc1cc2c(cc1Br)NC(C(F)(F)F)CC2. The van der Waals surface area contributed by atoms with Crippen molar-refractivity contribution in [2.24, 2.45) is 0 Å². The van der Waals surface area contributed by atoms with E-state index in [1.807, 2.05) is 0 Å². The van der Waals surface area contributed by atoms with Crippen LogP contribution >= 0.6 is 15.9 Å². The van der Waals surface area contributed by atoms with Crippen LogP contribution in [0.25, 0.3) is 0 Å². The number of ether oxygens (including phenoxy) is 1. The summed E-state index contributed by atoms with van der Waals surface area (Å²) in [5.41, 5.74) is 1.37. The molecule has 0 aromatic heterocycles. The smallest absolute Gasteiger partial charge is 0.408 e. The molecule has 94 valence electrons. The molecule has 0 aliphatic carbocycles. The van der Waals surface area contributed by atoms with Gasteiger partial charge < -0.3 is 10.1 Å².